The second-order valence-corrected chi connectivity index (χ2v) is 6.53. The lowest BCUT2D eigenvalue weighted by Crippen LogP contribution is -2.27. The van der Waals surface area contributed by atoms with Gasteiger partial charge in [-0.15, -0.1) is 0 Å². The maximum absolute atomic E-state index is 11.9. The largest absolute Gasteiger partial charge is 0.352 e. The van der Waals surface area contributed by atoms with Gasteiger partial charge in [0, 0.05) is 18.2 Å². The second-order valence-electron chi connectivity index (χ2n) is 4.82. The van der Waals surface area contributed by atoms with Crippen molar-refractivity contribution in [2.24, 2.45) is 5.73 Å². The lowest BCUT2D eigenvalue weighted by atomic mass is 10.2. The van der Waals surface area contributed by atoms with Gasteiger partial charge in [0.2, 0.25) is 10.0 Å². The standard InChI is InChI=1S/C13H19N3O3S/c14-8-1-9-15-13(17)10-2-6-12(7-3-10)20(18,19)16-11-4-5-11/h2-3,6-7,11,16H,1,4-5,8-9,14H2,(H,15,17). The van der Waals surface area contributed by atoms with Crippen LogP contribution in [0.1, 0.15) is 29.6 Å². The maximum atomic E-state index is 11.9. The number of hydrogen-bond acceptors (Lipinski definition) is 4. The number of carbonyl (C=O) groups excluding carboxylic acids is 1. The van der Waals surface area contributed by atoms with Gasteiger partial charge in [0.25, 0.3) is 5.91 Å². The van der Waals surface area contributed by atoms with Gasteiger partial charge in [0.15, 0.2) is 0 Å². The smallest absolute Gasteiger partial charge is 0.251 e. The monoisotopic (exact) mass is 297 g/mol. The summed E-state index contributed by atoms with van der Waals surface area (Å²) in [4.78, 5) is 11.9. The fourth-order valence-corrected chi connectivity index (χ4v) is 2.99. The molecule has 0 heterocycles. The molecule has 0 unspecified atom stereocenters. The van der Waals surface area contributed by atoms with Crippen molar-refractivity contribution in [3.63, 3.8) is 0 Å². The predicted octanol–water partition coefficient (Wildman–Crippen LogP) is 0.206. The van der Waals surface area contributed by atoms with Crippen molar-refractivity contribution >= 4 is 15.9 Å². The fraction of sp³-hybridized carbons (Fsp3) is 0.462. The number of amides is 1. The maximum Gasteiger partial charge on any atom is 0.251 e. The van der Waals surface area contributed by atoms with Gasteiger partial charge in [-0.05, 0) is 50.1 Å². The first-order valence-corrected chi connectivity index (χ1v) is 8.12. The Morgan fingerprint density at radius 3 is 2.45 bits per heavy atom. The average Bonchev–Trinajstić information content (AvgIpc) is 3.22. The molecular weight excluding hydrogens is 278 g/mol. The lowest BCUT2D eigenvalue weighted by molar-refractivity contribution is 0.0953. The summed E-state index contributed by atoms with van der Waals surface area (Å²) in [7, 11) is -3.46. The summed E-state index contributed by atoms with van der Waals surface area (Å²) in [5.41, 5.74) is 5.78. The average molecular weight is 297 g/mol. The van der Waals surface area contributed by atoms with Crippen LogP contribution in [0, 0.1) is 0 Å². The van der Waals surface area contributed by atoms with Crippen LogP contribution < -0.4 is 15.8 Å². The van der Waals surface area contributed by atoms with Crippen molar-refractivity contribution < 1.29 is 13.2 Å². The van der Waals surface area contributed by atoms with E-state index in [4.69, 9.17) is 5.73 Å². The third kappa shape index (κ3) is 4.03. The molecule has 4 N–H and O–H groups in total. The molecule has 110 valence electrons. The first-order valence-electron chi connectivity index (χ1n) is 6.63. The van der Waals surface area contributed by atoms with Gasteiger partial charge >= 0.3 is 0 Å². The molecule has 1 aromatic carbocycles. The van der Waals surface area contributed by atoms with Crippen molar-refractivity contribution in [1.82, 2.24) is 10.0 Å². The SMILES string of the molecule is NCCCNC(=O)c1ccc(S(=O)(=O)NC2CC2)cc1. The Morgan fingerprint density at radius 2 is 1.90 bits per heavy atom. The molecule has 0 bridgehead atoms. The van der Waals surface area contributed by atoms with E-state index in [0.29, 0.717) is 25.1 Å². The van der Waals surface area contributed by atoms with Gasteiger partial charge < -0.3 is 11.1 Å². The Kier molecular flexibility index (Phi) is 4.74. The topological polar surface area (TPSA) is 101 Å². The molecule has 20 heavy (non-hydrogen) atoms. The van der Waals surface area contributed by atoms with E-state index in [0.717, 1.165) is 12.8 Å². The minimum atomic E-state index is -3.46. The molecule has 7 heteroatoms. The number of sulfonamides is 1. The highest BCUT2D eigenvalue weighted by atomic mass is 32.2. The van der Waals surface area contributed by atoms with Crippen molar-refractivity contribution in [2.75, 3.05) is 13.1 Å². The summed E-state index contributed by atoms with van der Waals surface area (Å²) in [6, 6.07) is 5.99. The van der Waals surface area contributed by atoms with Crippen molar-refractivity contribution in [3.8, 4) is 0 Å². The molecule has 1 fully saturated rings. The van der Waals surface area contributed by atoms with Crippen LogP contribution in [0.3, 0.4) is 0 Å². The molecule has 1 aliphatic carbocycles. The Labute approximate surface area is 118 Å². The van der Waals surface area contributed by atoms with E-state index < -0.39 is 10.0 Å². The van der Waals surface area contributed by atoms with E-state index in [1.54, 1.807) is 0 Å². The van der Waals surface area contributed by atoms with E-state index >= 15 is 0 Å². The van der Waals surface area contributed by atoms with Crippen molar-refractivity contribution in [1.29, 1.82) is 0 Å². The molecule has 1 saturated carbocycles. The minimum absolute atomic E-state index is 0.0687. The Morgan fingerprint density at radius 1 is 1.25 bits per heavy atom. The summed E-state index contributed by atoms with van der Waals surface area (Å²) in [5.74, 6) is -0.224. The Balaban J connectivity index is 2.00. The van der Waals surface area contributed by atoms with Crippen molar-refractivity contribution in [2.45, 2.75) is 30.2 Å². The molecule has 0 spiro atoms. The minimum Gasteiger partial charge on any atom is -0.352 e. The normalized spacial score (nSPS) is 15.1. The number of rotatable bonds is 7. The molecular formula is C13H19N3O3S. The van der Waals surface area contributed by atoms with Crippen LogP contribution in [0.25, 0.3) is 0 Å². The highest BCUT2D eigenvalue weighted by Gasteiger charge is 2.27. The summed E-state index contributed by atoms with van der Waals surface area (Å²) in [5, 5.41) is 2.72. The van der Waals surface area contributed by atoms with E-state index in [1.165, 1.54) is 24.3 Å². The van der Waals surface area contributed by atoms with Crippen LogP contribution >= 0.6 is 0 Å². The first-order chi connectivity index (χ1) is 9.53. The van der Waals surface area contributed by atoms with Crippen LogP contribution in [-0.4, -0.2) is 33.5 Å². The second kappa shape index (κ2) is 6.34. The Bertz CT molecular complexity index is 565. The van der Waals surface area contributed by atoms with Gasteiger partial charge in [-0.2, -0.15) is 0 Å². The van der Waals surface area contributed by atoms with Gasteiger partial charge in [-0.25, -0.2) is 13.1 Å². The molecule has 0 saturated heterocycles. The van der Waals surface area contributed by atoms with Crippen molar-refractivity contribution in [3.05, 3.63) is 29.8 Å². The third-order valence-corrected chi connectivity index (χ3v) is 4.53. The number of hydrogen-bond donors (Lipinski definition) is 3. The summed E-state index contributed by atoms with van der Waals surface area (Å²) >= 11 is 0. The van der Waals surface area contributed by atoms with Crippen LogP contribution in [-0.2, 0) is 10.0 Å². The summed E-state index contributed by atoms with van der Waals surface area (Å²) in [6.45, 7) is 1.03. The van der Waals surface area contributed by atoms with Crippen LogP contribution in [0.15, 0.2) is 29.2 Å². The van der Waals surface area contributed by atoms with Crippen LogP contribution in [0.4, 0.5) is 0 Å². The fourth-order valence-electron chi connectivity index (χ4n) is 1.68. The number of carbonyl (C=O) groups is 1. The lowest BCUT2D eigenvalue weighted by Gasteiger charge is -2.07. The highest BCUT2D eigenvalue weighted by molar-refractivity contribution is 7.89. The number of nitrogens with one attached hydrogen (secondary N) is 2. The first kappa shape index (κ1) is 15.0. The molecule has 1 amide bonds. The van der Waals surface area contributed by atoms with Gasteiger partial charge in [-0.3, -0.25) is 4.79 Å². The molecule has 0 radical (unpaired) electrons. The van der Waals surface area contributed by atoms with Crippen LogP contribution in [0.2, 0.25) is 0 Å². The van der Waals surface area contributed by atoms with Gasteiger partial charge in [0.1, 0.15) is 0 Å². The van der Waals surface area contributed by atoms with Gasteiger partial charge in [-0.1, -0.05) is 0 Å². The van der Waals surface area contributed by atoms with E-state index in [-0.39, 0.29) is 16.8 Å². The quantitative estimate of drug-likeness (QED) is 0.626. The molecule has 1 aromatic rings. The van der Waals surface area contributed by atoms with Crippen LogP contribution in [0.5, 0.6) is 0 Å². The van der Waals surface area contributed by atoms with E-state index in [9.17, 15) is 13.2 Å². The Hall–Kier alpha value is -1.44. The predicted molar refractivity (Wildman–Crippen MR) is 75.8 cm³/mol. The van der Waals surface area contributed by atoms with E-state index in [1.807, 2.05) is 0 Å². The molecule has 1 aliphatic rings. The number of benzene rings is 1. The highest BCUT2D eigenvalue weighted by Crippen LogP contribution is 2.22. The number of nitrogens with two attached hydrogens (primary N) is 1. The summed E-state index contributed by atoms with van der Waals surface area (Å²) in [6.07, 6.45) is 2.49. The molecule has 0 aromatic heterocycles. The molecule has 0 aliphatic heterocycles. The summed E-state index contributed by atoms with van der Waals surface area (Å²) < 4.78 is 26.5. The zero-order valence-electron chi connectivity index (χ0n) is 11.1. The third-order valence-electron chi connectivity index (χ3n) is 2.99. The molecule has 0 atom stereocenters. The molecule has 6 nitrogen and oxygen atoms in total. The molecule has 2 rings (SSSR count). The zero-order chi connectivity index (χ0) is 14.6. The van der Waals surface area contributed by atoms with Gasteiger partial charge in [0.05, 0.1) is 4.90 Å². The zero-order valence-corrected chi connectivity index (χ0v) is 11.9. The van der Waals surface area contributed by atoms with E-state index in [2.05, 4.69) is 10.0 Å².